The standard InChI is InChI=1S/C28H32N2O6S/c1-5-22-17-30(37(34,35)27-9-7-6-8-26(27)36-22)16-21-14-20(11-10-18(21)2)23(15-28(32)33)25-13-12-24(19(3)31)29(25)4/h6-14,22-23H,5,15-17H2,1-4H3,(H,32,33). The average molecular weight is 525 g/mol. The monoisotopic (exact) mass is 524 g/mol. The van der Waals surface area contributed by atoms with E-state index in [-0.39, 0.29) is 36.3 Å². The molecule has 2 unspecified atom stereocenters. The number of benzene rings is 2. The Morgan fingerprint density at radius 3 is 2.51 bits per heavy atom. The SMILES string of the molecule is CCC1CN(Cc2cc(C(CC(=O)O)c3ccc(C(C)=O)n3C)ccc2C)S(=O)(=O)c2ccccc2O1. The van der Waals surface area contributed by atoms with E-state index >= 15 is 0 Å². The average Bonchev–Trinajstić information content (AvgIpc) is 3.19. The number of carbonyl (C=O) groups is 2. The summed E-state index contributed by atoms with van der Waals surface area (Å²) in [4.78, 5) is 24.0. The van der Waals surface area contributed by atoms with Crippen molar-refractivity contribution in [2.75, 3.05) is 6.54 Å². The molecule has 0 saturated heterocycles. The maximum Gasteiger partial charge on any atom is 0.304 e. The van der Waals surface area contributed by atoms with Gasteiger partial charge in [0.05, 0.1) is 18.7 Å². The van der Waals surface area contributed by atoms with Gasteiger partial charge >= 0.3 is 5.97 Å². The van der Waals surface area contributed by atoms with E-state index < -0.39 is 21.9 Å². The lowest BCUT2D eigenvalue weighted by molar-refractivity contribution is -0.137. The number of sulfonamides is 1. The molecule has 3 aromatic rings. The Balaban J connectivity index is 1.75. The van der Waals surface area contributed by atoms with E-state index in [0.29, 0.717) is 23.6 Å². The second-order valence-electron chi connectivity index (χ2n) is 9.49. The molecule has 0 fully saturated rings. The molecule has 9 heteroatoms. The summed E-state index contributed by atoms with van der Waals surface area (Å²) in [6.07, 6.45) is 0.181. The number of hydrogen-bond acceptors (Lipinski definition) is 5. The highest BCUT2D eigenvalue weighted by atomic mass is 32.2. The van der Waals surface area contributed by atoms with Crippen LogP contribution in [0.3, 0.4) is 0 Å². The van der Waals surface area contributed by atoms with E-state index in [1.807, 2.05) is 32.0 Å². The predicted octanol–water partition coefficient (Wildman–Crippen LogP) is 4.50. The van der Waals surface area contributed by atoms with Crippen molar-refractivity contribution < 1.29 is 27.9 Å². The maximum absolute atomic E-state index is 13.6. The van der Waals surface area contributed by atoms with E-state index in [1.165, 1.54) is 11.2 Å². The number of para-hydroxylation sites is 1. The molecule has 0 aliphatic carbocycles. The molecule has 2 aromatic carbocycles. The highest BCUT2D eigenvalue weighted by molar-refractivity contribution is 7.89. The van der Waals surface area contributed by atoms with Crippen molar-refractivity contribution in [1.29, 1.82) is 0 Å². The number of aryl methyl sites for hydroxylation is 1. The maximum atomic E-state index is 13.6. The van der Waals surface area contributed by atoms with Gasteiger partial charge < -0.3 is 14.4 Å². The van der Waals surface area contributed by atoms with Crippen LogP contribution in [0, 0.1) is 6.92 Å². The van der Waals surface area contributed by atoms with Crippen molar-refractivity contribution in [2.45, 2.75) is 57.1 Å². The molecule has 1 aliphatic heterocycles. The summed E-state index contributed by atoms with van der Waals surface area (Å²) >= 11 is 0. The van der Waals surface area contributed by atoms with Crippen molar-refractivity contribution in [2.24, 2.45) is 7.05 Å². The van der Waals surface area contributed by atoms with E-state index in [4.69, 9.17) is 4.74 Å². The van der Waals surface area contributed by atoms with Crippen molar-refractivity contribution in [3.63, 3.8) is 0 Å². The Morgan fingerprint density at radius 2 is 1.86 bits per heavy atom. The van der Waals surface area contributed by atoms with Gasteiger partial charge in [0.25, 0.3) is 0 Å². The summed E-state index contributed by atoms with van der Waals surface area (Å²) in [7, 11) is -2.07. The quantitative estimate of drug-likeness (QED) is 0.435. The first-order valence-corrected chi connectivity index (χ1v) is 13.7. The van der Waals surface area contributed by atoms with Gasteiger partial charge in [-0.3, -0.25) is 9.59 Å². The molecule has 0 bridgehead atoms. The Kier molecular flexibility index (Phi) is 7.57. The third-order valence-corrected chi connectivity index (χ3v) is 8.85. The zero-order valence-corrected chi connectivity index (χ0v) is 22.3. The number of carboxylic acid groups (broad SMARTS) is 1. The lowest BCUT2D eigenvalue weighted by Crippen LogP contribution is -2.36. The summed E-state index contributed by atoms with van der Waals surface area (Å²) in [5.41, 5.74) is 3.63. The molecule has 0 spiro atoms. The smallest absolute Gasteiger partial charge is 0.304 e. The summed E-state index contributed by atoms with van der Waals surface area (Å²) in [6, 6.07) is 15.8. The lowest BCUT2D eigenvalue weighted by Gasteiger charge is -2.24. The van der Waals surface area contributed by atoms with E-state index in [2.05, 4.69) is 0 Å². The Hall–Kier alpha value is -3.43. The van der Waals surface area contributed by atoms with Crippen LogP contribution in [0.5, 0.6) is 5.75 Å². The fraction of sp³-hybridized carbons (Fsp3) is 0.357. The Bertz CT molecular complexity index is 1440. The lowest BCUT2D eigenvalue weighted by atomic mass is 9.90. The van der Waals surface area contributed by atoms with Gasteiger partial charge in [0.15, 0.2) is 5.78 Å². The second-order valence-corrected chi connectivity index (χ2v) is 11.4. The van der Waals surface area contributed by atoms with Crippen LogP contribution in [-0.4, -0.2) is 46.8 Å². The number of carboxylic acids is 1. The fourth-order valence-electron chi connectivity index (χ4n) is 4.87. The van der Waals surface area contributed by atoms with Crippen molar-refractivity contribution in [3.8, 4) is 5.75 Å². The van der Waals surface area contributed by atoms with Crippen LogP contribution in [0.1, 0.15) is 65.5 Å². The molecule has 1 aromatic heterocycles. The molecule has 0 saturated carbocycles. The number of nitrogens with zero attached hydrogens (tertiary/aromatic N) is 2. The Labute approximate surface area is 217 Å². The number of carbonyl (C=O) groups excluding carboxylic acids is 1. The van der Waals surface area contributed by atoms with Gasteiger partial charge in [0.2, 0.25) is 10.0 Å². The molecule has 8 nitrogen and oxygen atoms in total. The first kappa shape index (κ1) is 26.6. The summed E-state index contributed by atoms with van der Waals surface area (Å²) < 4.78 is 36.5. The predicted molar refractivity (Wildman–Crippen MR) is 139 cm³/mol. The highest BCUT2D eigenvalue weighted by Gasteiger charge is 2.34. The molecule has 37 heavy (non-hydrogen) atoms. The van der Waals surface area contributed by atoms with Gasteiger partial charge in [-0.1, -0.05) is 37.3 Å². The highest BCUT2D eigenvalue weighted by Crippen LogP contribution is 2.34. The molecule has 0 radical (unpaired) electrons. The van der Waals surface area contributed by atoms with Crippen LogP contribution in [-0.2, 0) is 28.4 Å². The van der Waals surface area contributed by atoms with Crippen LogP contribution in [0.4, 0.5) is 0 Å². The first-order chi connectivity index (χ1) is 17.5. The normalized spacial score (nSPS) is 17.9. The van der Waals surface area contributed by atoms with Crippen molar-refractivity contribution in [3.05, 3.63) is 82.7 Å². The molecule has 2 heterocycles. The summed E-state index contributed by atoms with van der Waals surface area (Å²) in [5.74, 6) is -1.23. The van der Waals surface area contributed by atoms with E-state index in [9.17, 15) is 23.1 Å². The van der Waals surface area contributed by atoms with Crippen molar-refractivity contribution >= 4 is 21.8 Å². The van der Waals surface area contributed by atoms with Crippen LogP contribution < -0.4 is 4.74 Å². The molecular formula is C28H32N2O6S. The number of ether oxygens (including phenoxy) is 1. The van der Waals surface area contributed by atoms with Crippen LogP contribution in [0.2, 0.25) is 0 Å². The summed E-state index contributed by atoms with van der Waals surface area (Å²) in [5, 5.41) is 9.67. The van der Waals surface area contributed by atoms with Gasteiger partial charge in [-0.05, 0) is 54.3 Å². The summed E-state index contributed by atoms with van der Waals surface area (Å²) in [6.45, 7) is 5.68. The number of ketones is 1. The number of aliphatic carboxylic acids is 1. The third kappa shape index (κ3) is 5.33. The number of fused-ring (bicyclic) bond motifs is 1. The topological polar surface area (TPSA) is 106 Å². The van der Waals surface area contributed by atoms with Crippen LogP contribution in [0.25, 0.3) is 0 Å². The first-order valence-electron chi connectivity index (χ1n) is 12.3. The molecular weight excluding hydrogens is 492 g/mol. The minimum Gasteiger partial charge on any atom is -0.488 e. The number of rotatable bonds is 8. The van der Waals surface area contributed by atoms with Gasteiger partial charge in [0.1, 0.15) is 16.7 Å². The van der Waals surface area contributed by atoms with Gasteiger partial charge in [-0.15, -0.1) is 0 Å². The molecule has 1 aliphatic rings. The Morgan fingerprint density at radius 1 is 1.14 bits per heavy atom. The minimum atomic E-state index is -3.82. The molecule has 0 amide bonds. The van der Waals surface area contributed by atoms with E-state index in [0.717, 1.165) is 16.7 Å². The number of aromatic nitrogens is 1. The second kappa shape index (κ2) is 10.5. The zero-order chi connectivity index (χ0) is 26.9. The molecule has 2 atom stereocenters. The van der Waals surface area contributed by atoms with Crippen molar-refractivity contribution in [1.82, 2.24) is 8.87 Å². The van der Waals surface area contributed by atoms with Crippen LogP contribution >= 0.6 is 0 Å². The third-order valence-electron chi connectivity index (χ3n) is 7.00. The zero-order valence-electron chi connectivity index (χ0n) is 21.5. The van der Waals surface area contributed by atoms with Gasteiger partial charge in [0, 0.05) is 32.1 Å². The fourth-order valence-corrected chi connectivity index (χ4v) is 6.44. The largest absolute Gasteiger partial charge is 0.488 e. The van der Waals surface area contributed by atoms with Crippen LogP contribution in [0.15, 0.2) is 59.5 Å². The van der Waals surface area contributed by atoms with Gasteiger partial charge in [-0.25, -0.2) is 8.42 Å². The van der Waals surface area contributed by atoms with Gasteiger partial charge in [-0.2, -0.15) is 4.31 Å². The minimum absolute atomic E-state index is 0.105. The number of Topliss-reactive ketones (excluding diaryl/α,β-unsaturated/α-hetero) is 1. The van der Waals surface area contributed by atoms with E-state index in [1.54, 1.807) is 48.0 Å². The number of hydrogen-bond donors (Lipinski definition) is 1. The molecule has 4 rings (SSSR count). The molecule has 196 valence electrons. The molecule has 1 N–H and O–H groups in total.